The standard InChI is InChI=1S/C46H85NO7/c1-6-8-10-12-14-16-17-18-19-20-21-22-23-24-25-26-27-28-29-31-32-34-36-44(48)53-41-42(40-52-39-38-43(46(50)51)47(3,4)5)54-45(49)37-35-33-30-15-13-11-9-7-2/h20-21,23-24,42-43H,6-19,22,25-41H2,1-5H3/p+1/b21-20+,24-23+. The third-order valence-corrected chi connectivity index (χ3v) is 10.1. The fourth-order valence-corrected chi connectivity index (χ4v) is 6.59. The minimum absolute atomic E-state index is 0.0518. The van der Waals surface area contributed by atoms with E-state index in [1.165, 1.54) is 116 Å². The van der Waals surface area contributed by atoms with Gasteiger partial charge in [0, 0.05) is 19.3 Å². The number of quaternary nitrogens is 1. The van der Waals surface area contributed by atoms with Crippen LogP contribution in [0.5, 0.6) is 0 Å². The molecule has 2 atom stereocenters. The van der Waals surface area contributed by atoms with Crippen molar-refractivity contribution in [2.45, 2.75) is 212 Å². The first kappa shape index (κ1) is 51.8. The molecule has 0 heterocycles. The summed E-state index contributed by atoms with van der Waals surface area (Å²) < 4.78 is 17.2. The molecular weight excluding hydrogens is 679 g/mol. The first-order valence-electron chi connectivity index (χ1n) is 22.4. The van der Waals surface area contributed by atoms with Crippen LogP contribution in [-0.4, -0.2) is 80.6 Å². The predicted octanol–water partition coefficient (Wildman–Crippen LogP) is 12.1. The highest BCUT2D eigenvalue weighted by molar-refractivity contribution is 5.72. The molecule has 0 aromatic rings. The molecular formula is C46H86NO7+. The molecule has 0 aliphatic carbocycles. The summed E-state index contributed by atoms with van der Waals surface area (Å²) in [7, 11) is 5.52. The van der Waals surface area contributed by atoms with Gasteiger partial charge in [0.1, 0.15) is 6.61 Å². The molecule has 0 fully saturated rings. The molecule has 316 valence electrons. The fraction of sp³-hybridized carbons (Fsp3) is 0.848. The van der Waals surface area contributed by atoms with Crippen molar-refractivity contribution >= 4 is 17.9 Å². The van der Waals surface area contributed by atoms with E-state index in [0.717, 1.165) is 51.4 Å². The lowest BCUT2D eigenvalue weighted by molar-refractivity contribution is -0.887. The van der Waals surface area contributed by atoms with Crippen LogP contribution in [0, 0.1) is 0 Å². The highest BCUT2D eigenvalue weighted by Crippen LogP contribution is 2.14. The van der Waals surface area contributed by atoms with Gasteiger partial charge in [0.15, 0.2) is 12.1 Å². The Morgan fingerprint density at radius 1 is 0.556 bits per heavy atom. The quantitative estimate of drug-likeness (QED) is 0.0287. The molecule has 54 heavy (non-hydrogen) atoms. The van der Waals surface area contributed by atoms with E-state index in [4.69, 9.17) is 14.2 Å². The Morgan fingerprint density at radius 3 is 1.43 bits per heavy atom. The number of hydrogen-bond donors (Lipinski definition) is 1. The molecule has 0 rings (SSSR count). The van der Waals surface area contributed by atoms with Crippen LogP contribution in [0.25, 0.3) is 0 Å². The number of carboxylic acids is 1. The van der Waals surface area contributed by atoms with Crippen molar-refractivity contribution in [3.63, 3.8) is 0 Å². The second kappa shape index (κ2) is 37.7. The smallest absolute Gasteiger partial charge is 0.362 e. The lowest BCUT2D eigenvalue weighted by Gasteiger charge is -2.31. The van der Waals surface area contributed by atoms with Gasteiger partial charge in [-0.15, -0.1) is 0 Å². The molecule has 2 unspecified atom stereocenters. The monoisotopic (exact) mass is 765 g/mol. The average Bonchev–Trinajstić information content (AvgIpc) is 3.12. The van der Waals surface area contributed by atoms with Gasteiger partial charge in [-0.3, -0.25) is 9.59 Å². The van der Waals surface area contributed by atoms with Crippen LogP contribution in [0.15, 0.2) is 24.3 Å². The van der Waals surface area contributed by atoms with E-state index in [0.29, 0.717) is 19.3 Å². The number of carbonyl (C=O) groups excluding carboxylic acids is 2. The summed E-state index contributed by atoms with van der Waals surface area (Å²) in [6.07, 6.45) is 40.9. The van der Waals surface area contributed by atoms with Gasteiger partial charge in [0.05, 0.1) is 34.4 Å². The Bertz CT molecular complexity index is 942. The minimum Gasteiger partial charge on any atom is -0.477 e. The van der Waals surface area contributed by atoms with Gasteiger partial charge in [-0.1, -0.05) is 160 Å². The Labute approximate surface area is 332 Å². The molecule has 8 nitrogen and oxygen atoms in total. The van der Waals surface area contributed by atoms with Gasteiger partial charge >= 0.3 is 17.9 Å². The van der Waals surface area contributed by atoms with Crippen LogP contribution in [0.2, 0.25) is 0 Å². The van der Waals surface area contributed by atoms with Gasteiger partial charge in [0.25, 0.3) is 0 Å². The van der Waals surface area contributed by atoms with E-state index in [2.05, 4.69) is 38.2 Å². The lowest BCUT2D eigenvalue weighted by atomic mass is 10.1. The summed E-state index contributed by atoms with van der Waals surface area (Å²) in [5.41, 5.74) is 0. The predicted molar refractivity (Wildman–Crippen MR) is 225 cm³/mol. The van der Waals surface area contributed by atoms with Crippen LogP contribution in [0.1, 0.15) is 200 Å². The topological polar surface area (TPSA) is 99.1 Å². The number of hydrogen-bond acceptors (Lipinski definition) is 6. The Kier molecular flexibility index (Phi) is 36.2. The van der Waals surface area contributed by atoms with Crippen molar-refractivity contribution in [1.82, 2.24) is 0 Å². The van der Waals surface area contributed by atoms with Crippen molar-refractivity contribution in [1.29, 1.82) is 0 Å². The molecule has 0 aliphatic heterocycles. The first-order chi connectivity index (χ1) is 26.1. The Morgan fingerprint density at radius 2 is 0.981 bits per heavy atom. The van der Waals surface area contributed by atoms with Crippen LogP contribution in [-0.2, 0) is 28.6 Å². The summed E-state index contributed by atoms with van der Waals surface area (Å²) in [6.45, 7) is 4.70. The van der Waals surface area contributed by atoms with E-state index < -0.39 is 18.1 Å². The molecule has 8 heteroatoms. The highest BCUT2D eigenvalue weighted by atomic mass is 16.6. The third-order valence-electron chi connectivity index (χ3n) is 10.1. The number of ether oxygens (including phenoxy) is 3. The minimum atomic E-state index is -0.876. The zero-order valence-electron chi connectivity index (χ0n) is 35.9. The Balaban J connectivity index is 4.17. The van der Waals surface area contributed by atoms with E-state index in [9.17, 15) is 19.5 Å². The number of allylic oxidation sites excluding steroid dienone is 4. The van der Waals surface area contributed by atoms with E-state index in [-0.39, 0.29) is 36.2 Å². The zero-order valence-corrected chi connectivity index (χ0v) is 35.9. The van der Waals surface area contributed by atoms with Crippen molar-refractivity contribution in [3.8, 4) is 0 Å². The maximum absolute atomic E-state index is 12.6. The SMILES string of the molecule is CCCCCCCCCC/C=C/C/C=C/CCCCCCCCCC(=O)OCC(COCCC(C(=O)O)[N+](C)(C)C)OC(=O)CCCCCCCCCC. The number of esters is 2. The molecule has 0 amide bonds. The lowest BCUT2D eigenvalue weighted by Crippen LogP contribution is -2.50. The third kappa shape index (κ3) is 35.5. The molecule has 0 bridgehead atoms. The summed E-state index contributed by atoms with van der Waals surface area (Å²) in [6, 6.07) is -0.611. The molecule has 0 saturated carbocycles. The van der Waals surface area contributed by atoms with Crippen LogP contribution < -0.4 is 0 Å². The van der Waals surface area contributed by atoms with E-state index >= 15 is 0 Å². The van der Waals surface area contributed by atoms with Crippen molar-refractivity contribution in [2.75, 3.05) is 41.0 Å². The number of carbonyl (C=O) groups is 3. The maximum atomic E-state index is 12.6. The second-order valence-corrected chi connectivity index (χ2v) is 16.3. The largest absolute Gasteiger partial charge is 0.477 e. The maximum Gasteiger partial charge on any atom is 0.362 e. The second-order valence-electron chi connectivity index (χ2n) is 16.3. The number of unbranched alkanes of at least 4 members (excludes halogenated alkanes) is 22. The summed E-state index contributed by atoms with van der Waals surface area (Å²) in [5, 5.41) is 9.59. The van der Waals surface area contributed by atoms with Crippen LogP contribution in [0.3, 0.4) is 0 Å². The number of aliphatic carboxylic acids is 1. The molecule has 1 N–H and O–H groups in total. The fourth-order valence-electron chi connectivity index (χ4n) is 6.59. The van der Waals surface area contributed by atoms with Crippen LogP contribution >= 0.6 is 0 Å². The van der Waals surface area contributed by atoms with Gasteiger partial charge in [-0.25, -0.2) is 4.79 Å². The molecule has 0 aromatic carbocycles. The Hall–Kier alpha value is -2.19. The number of rotatable bonds is 40. The highest BCUT2D eigenvalue weighted by Gasteiger charge is 2.31. The van der Waals surface area contributed by atoms with Crippen LogP contribution in [0.4, 0.5) is 0 Å². The molecule has 0 aliphatic rings. The van der Waals surface area contributed by atoms with Gasteiger partial charge in [0.2, 0.25) is 0 Å². The van der Waals surface area contributed by atoms with E-state index in [1.807, 2.05) is 21.1 Å². The molecule has 0 spiro atoms. The number of carboxylic acid groups (broad SMARTS) is 1. The van der Waals surface area contributed by atoms with Gasteiger partial charge in [-0.2, -0.15) is 0 Å². The van der Waals surface area contributed by atoms with Crippen molar-refractivity contribution < 1.29 is 38.2 Å². The first-order valence-corrected chi connectivity index (χ1v) is 22.4. The summed E-state index contributed by atoms with van der Waals surface area (Å²) >= 11 is 0. The normalized spacial score (nSPS) is 13.1. The summed E-state index contributed by atoms with van der Waals surface area (Å²) in [4.78, 5) is 36.8. The van der Waals surface area contributed by atoms with Gasteiger partial charge < -0.3 is 23.8 Å². The number of likely N-dealkylation sites (N-methyl/N-ethyl adjacent to an activating group) is 1. The van der Waals surface area contributed by atoms with E-state index in [1.54, 1.807) is 0 Å². The summed E-state index contributed by atoms with van der Waals surface area (Å²) in [5.74, 6) is -1.47. The zero-order chi connectivity index (χ0) is 40.0. The average molecular weight is 765 g/mol. The number of nitrogens with zero attached hydrogens (tertiary/aromatic N) is 1. The van der Waals surface area contributed by atoms with Crippen molar-refractivity contribution in [3.05, 3.63) is 24.3 Å². The molecule has 0 aromatic heterocycles. The molecule has 0 radical (unpaired) electrons. The van der Waals surface area contributed by atoms with Crippen molar-refractivity contribution in [2.24, 2.45) is 0 Å². The molecule has 0 saturated heterocycles. The van der Waals surface area contributed by atoms with Gasteiger partial charge in [-0.05, 0) is 44.9 Å².